The molecular formula is C18H14ClN5OS. The van der Waals surface area contributed by atoms with E-state index in [4.69, 9.17) is 11.6 Å². The lowest BCUT2D eigenvalue weighted by Crippen LogP contribution is -2.23. The van der Waals surface area contributed by atoms with Crippen molar-refractivity contribution in [3.05, 3.63) is 70.1 Å². The van der Waals surface area contributed by atoms with E-state index in [0.717, 1.165) is 26.3 Å². The van der Waals surface area contributed by atoms with E-state index in [9.17, 15) is 4.79 Å². The number of fused-ring (bicyclic) bond motifs is 1. The van der Waals surface area contributed by atoms with Crippen LogP contribution in [-0.2, 0) is 0 Å². The summed E-state index contributed by atoms with van der Waals surface area (Å²) < 4.78 is 1.16. The number of para-hydroxylation sites is 2. The lowest BCUT2D eigenvalue weighted by atomic mass is 10.3. The molecule has 2 aromatic carbocycles. The number of aromatic nitrogens is 4. The fraction of sp³-hybridized carbons (Fsp3) is 0.0556. The Morgan fingerprint density at radius 3 is 2.85 bits per heavy atom. The minimum atomic E-state index is -0.447. The fourth-order valence-corrected chi connectivity index (χ4v) is 3.20. The minimum absolute atomic E-state index is 0.0509. The predicted octanol–water partition coefficient (Wildman–Crippen LogP) is 4.23. The lowest BCUT2D eigenvalue weighted by molar-refractivity contribution is 0.768. The van der Waals surface area contributed by atoms with Gasteiger partial charge < -0.3 is 10.3 Å². The summed E-state index contributed by atoms with van der Waals surface area (Å²) in [6.45, 7) is 0. The second-order valence-electron chi connectivity index (χ2n) is 5.52. The Balaban J connectivity index is 1.71. The normalized spacial score (nSPS) is 11.0. The summed E-state index contributed by atoms with van der Waals surface area (Å²) in [5.41, 5.74) is 2.41. The number of hydrogen-bond acceptors (Lipinski definition) is 5. The molecule has 0 fully saturated rings. The highest BCUT2D eigenvalue weighted by Crippen LogP contribution is 2.25. The Hall–Kier alpha value is -2.77. The Kier molecular flexibility index (Phi) is 4.40. The largest absolute Gasteiger partial charge is 0.353 e. The average Bonchev–Trinajstić information content (AvgIpc) is 3.09. The highest BCUT2D eigenvalue weighted by Gasteiger charge is 2.13. The molecule has 0 bridgehead atoms. The van der Waals surface area contributed by atoms with Crippen LogP contribution in [0.2, 0.25) is 5.02 Å². The number of imidazole rings is 1. The van der Waals surface area contributed by atoms with Crippen molar-refractivity contribution in [2.24, 2.45) is 0 Å². The summed E-state index contributed by atoms with van der Waals surface area (Å²) in [6, 6.07) is 15.3. The molecule has 130 valence electrons. The first-order chi connectivity index (χ1) is 12.7. The maximum absolute atomic E-state index is 12.6. The zero-order valence-corrected chi connectivity index (χ0v) is 15.3. The summed E-state index contributed by atoms with van der Waals surface area (Å²) in [6.07, 6.45) is 3.52. The molecule has 4 aromatic rings. The highest BCUT2D eigenvalue weighted by molar-refractivity contribution is 7.98. The second-order valence-corrected chi connectivity index (χ2v) is 6.78. The van der Waals surface area contributed by atoms with Crippen LogP contribution in [-0.4, -0.2) is 26.0 Å². The van der Waals surface area contributed by atoms with Crippen molar-refractivity contribution < 1.29 is 0 Å². The van der Waals surface area contributed by atoms with Crippen LogP contribution in [0.1, 0.15) is 0 Å². The monoisotopic (exact) mass is 383 g/mol. The van der Waals surface area contributed by atoms with Crippen LogP contribution in [0.4, 0.5) is 11.4 Å². The highest BCUT2D eigenvalue weighted by atomic mass is 35.5. The lowest BCUT2D eigenvalue weighted by Gasteiger charge is -2.10. The third kappa shape index (κ3) is 3.07. The molecule has 0 saturated heterocycles. The SMILES string of the molecule is CSc1cccc(Nc2cnn(-c3nc4ccccc4[nH]3)c(=O)c2Cl)c1. The maximum Gasteiger partial charge on any atom is 0.295 e. The topological polar surface area (TPSA) is 75.6 Å². The minimum Gasteiger partial charge on any atom is -0.353 e. The van der Waals surface area contributed by atoms with E-state index < -0.39 is 5.56 Å². The van der Waals surface area contributed by atoms with Crippen LogP contribution >= 0.6 is 23.4 Å². The van der Waals surface area contributed by atoms with E-state index in [1.807, 2.05) is 54.8 Å². The van der Waals surface area contributed by atoms with E-state index in [1.165, 1.54) is 6.20 Å². The molecule has 0 radical (unpaired) electrons. The quantitative estimate of drug-likeness (QED) is 0.516. The Bertz CT molecular complexity index is 1120. The van der Waals surface area contributed by atoms with Gasteiger partial charge in [-0.3, -0.25) is 4.79 Å². The van der Waals surface area contributed by atoms with Crippen molar-refractivity contribution in [2.45, 2.75) is 4.90 Å². The standard InChI is InChI=1S/C18H14ClN5OS/c1-26-12-6-4-5-11(9-12)21-15-10-20-24(17(25)16(15)19)18-22-13-7-2-3-8-14(13)23-18/h2-10,21H,1H3,(H,22,23). The number of halogens is 1. The van der Waals surface area contributed by atoms with Crippen LogP contribution < -0.4 is 10.9 Å². The van der Waals surface area contributed by atoms with Crippen molar-refractivity contribution in [3.63, 3.8) is 0 Å². The van der Waals surface area contributed by atoms with E-state index >= 15 is 0 Å². The van der Waals surface area contributed by atoms with Crippen molar-refractivity contribution in [1.29, 1.82) is 0 Å². The molecule has 0 saturated carbocycles. The number of thioether (sulfide) groups is 1. The number of aromatic amines is 1. The number of hydrogen-bond donors (Lipinski definition) is 2. The van der Waals surface area contributed by atoms with Gasteiger partial charge in [0.25, 0.3) is 5.56 Å². The zero-order valence-electron chi connectivity index (χ0n) is 13.7. The third-order valence-corrected chi connectivity index (χ3v) is 4.94. The van der Waals surface area contributed by atoms with E-state index in [-0.39, 0.29) is 5.02 Å². The van der Waals surface area contributed by atoms with E-state index in [0.29, 0.717) is 11.6 Å². The van der Waals surface area contributed by atoms with Gasteiger partial charge in [0.2, 0.25) is 5.95 Å². The van der Waals surface area contributed by atoms with Gasteiger partial charge in [-0.2, -0.15) is 9.78 Å². The second kappa shape index (κ2) is 6.86. The molecule has 0 amide bonds. The predicted molar refractivity (Wildman–Crippen MR) is 106 cm³/mol. The number of rotatable bonds is 4. The molecule has 4 rings (SSSR count). The summed E-state index contributed by atoms with van der Waals surface area (Å²) in [5.74, 6) is 0.328. The molecule has 0 aliphatic heterocycles. The molecule has 2 heterocycles. The molecule has 0 spiro atoms. The van der Waals surface area contributed by atoms with Gasteiger partial charge in [0.05, 0.1) is 22.9 Å². The fourth-order valence-electron chi connectivity index (χ4n) is 2.57. The van der Waals surface area contributed by atoms with Gasteiger partial charge >= 0.3 is 0 Å². The zero-order chi connectivity index (χ0) is 18.1. The summed E-state index contributed by atoms with van der Waals surface area (Å²) in [4.78, 5) is 21.2. The molecule has 2 aromatic heterocycles. The van der Waals surface area contributed by atoms with Gasteiger partial charge in [-0.05, 0) is 36.6 Å². The Labute approximate surface area is 158 Å². The summed E-state index contributed by atoms with van der Waals surface area (Å²) >= 11 is 7.92. The van der Waals surface area contributed by atoms with Crippen LogP contribution in [0.25, 0.3) is 17.0 Å². The van der Waals surface area contributed by atoms with Crippen molar-refractivity contribution >= 4 is 45.8 Å². The Morgan fingerprint density at radius 2 is 2.04 bits per heavy atom. The first-order valence-corrected chi connectivity index (χ1v) is 9.40. The molecule has 0 aliphatic rings. The molecule has 0 aliphatic carbocycles. The maximum atomic E-state index is 12.6. The van der Waals surface area contributed by atoms with Crippen LogP contribution in [0.5, 0.6) is 0 Å². The number of benzene rings is 2. The van der Waals surface area contributed by atoms with Crippen LogP contribution in [0.15, 0.2) is 64.4 Å². The van der Waals surface area contributed by atoms with Gasteiger partial charge in [-0.1, -0.05) is 29.8 Å². The molecule has 0 unspecified atom stereocenters. The molecule has 2 N–H and O–H groups in total. The molecule has 6 nitrogen and oxygen atoms in total. The van der Waals surface area contributed by atoms with Gasteiger partial charge in [-0.15, -0.1) is 11.8 Å². The molecule has 0 atom stereocenters. The number of H-pyrrole nitrogens is 1. The molecule has 26 heavy (non-hydrogen) atoms. The van der Waals surface area contributed by atoms with Crippen molar-refractivity contribution in [3.8, 4) is 5.95 Å². The van der Waals surface area contributed by atoms with Crippen LogP contribution in [0.3, 0.4) is 0 Å². The van der Waals surface area contributed by atoms with E-state index in [2.05, 4.69) is 20.4 Å². The smallest absolute Gasteiger partial charge is 0.295 e. The van der Waals surface area contributed by atoms with Crippen molar-refractivity contribution in [2.75, 3.05) is 11.6 Å². The molecular weight excluding hydrogens is 370 g/mol. The van der Waals surface area contributed by atoms with Gasteiger partial charge in [0, 0.05) is 10.6 Å². The third-order valence-electron chi connectivity index (χ3n) is 3.85. The first-order valence-electron chi connectivity index (χ1n) is 7.80. The number of anilines is 2. The van der Waals surface area contributed by atoms with E-state index in [1.54, 1.807) is 11.8 Å². The van der Waals surface area contributed by atoms with Gasteiger partial charge in [0.15, 0.2) is 0 Å². The van der Waals surface area contributed by atoms with Gasteiger partial charge in [0.1, 0.15) is 5.02 Å². The number of nitrogens with one attached hydrogen (secondary N) is 2. The first kappa shape index (κ1) is 16.7. The summed E-state index contributed by atoms with van der Waals surface area (Å²) in [7, 11) is 0. The molecule has 8 heteroatoms. The average molecular weight is 384 g/mol. The summed E-state index contributed by atoms with van der Waals surface area (Å²) in [5, 5.41) is 7.39. The number of nitrogens with zero attached hydrogens (tertiary/aromatic N) is 3. The van der Waals surface area contributed by atoms with Gasteiger partial charge in [-0.25, -0.2) is 4.98 Å². The van der Waals surface area contributed by atoms with Crippen LogP contribution in [0, 0.1) is 0 Å². The van der Waals surface area contributed by atoms with Crippen molar-refractivity contribution in [1.82, 2.24) is 19.7 Å². The Morgan fingerprint density at radius 1 is 1.19 bits per heavy atom.